The number of carbonyl (C=O) groups excluding carboxylic acids is 5. The Balaban J connectivity index is 0.00000864. The highest BCUT2D eigenvalue weighted by Gasteiger charge is 2.57. The number of likely N-dealkylation sites (N-methyl/N-ethyl adjacent to an activating group) is 1. The number of carboxylic acid groups (broad SMARTS) is 2. The summed E-state index contributed by atoms with van der Waals surface area (Å²) in [6.45, 7) is 3.40. The first-order valence-corrected chi connectivity index (χ1v) is 23.4. The highest BCUT2D eigenvalue weighted by Crippen LogP contribution is 2.44. The number of quaternary nitrogens is 1. The van der Waals surface area contributed by atoms with E-state index in [9.17, 15) is 59.1 Å². The summed E-state index contributed by atoms with van der Waals surface area (Å²) in [5, 5.41) is 55.9. The van der Waals surface area contributed by atoms with E-state index in [-0.39, 0.29) is 105 Å². The SMILES string of the molecule is C[N+]1(Cc2ccc(O[C@@H]3O[C@H](C(=O)O)[C@@H](O)[C@H](O)[C@H]3O)c(NC(=O)CCNC(=O)CCOCCOCCOCCN3C(=O)C(Br)=C(Br)C3=O)c2)CCN(C(=O)C2C3CCC(O3)C2C(=O)O)CC1.[CH3-]. The Kier molecular flexibility index (Phi) is 19.8. The molecule has 0 radical (unpaired) electrons. The fourth-order valence-electron chi connectivity index (χ4n) is 8.63. The van der Waals surface area contributed by atoms with Crippen molar-refractivity contribution in [1.82, 2.24) is 15.1 Å². The van der Waals surface area contributed by atoms with Gasteiger partial charge in [-0.1, -0.05) is 0 Å². The van der Waals surface area contributed by atoms with Crippen LogP contribution in [0.15, 0.2) is 27.2 Å². The fraction of sp³-hybridized carbons (Fsp3) is 0.628. The molecule has 0 spiro atoms. The zero-order valence-corrected chi connectivity index (χ0v) is 40.8. The van der Waals surface area contributed by atoms with Crippen molar-refractivity contribution in [2.24, 2.45) is 11.8 Å². The number of aliphatic hydroxyl groups excluding tert-OH is 3. The molecule has 1 aromatic carbocycles. The monoisotopic (exact) mass is 1090 g/mol. The van der Waals surface area contributed by atoms with E-state index in [1.807, 2.05) is 7.05 Å². The number of fused-ring (bicyclic) bond motifs is 2. The Hall–Kier alpha value is -4.15. The molecule has 0 aromatic heterocycles. The van der Waals surface area contributed by atoms with Gasteiger partial charge in [-0.05, 0) is 62.9 Å². The molecule has 5 heterocycles. The quantitative estimate of drug-likeness (QED) is 0.0309. The molecule has 4 unspecified atom stereocenters. The van der Waals surface area contributed by atoms with Crippen LogP contribution in [0.2, 0.25) is 0 Å². The third kappa shape index (κ3) is 13.4. The van der Waals surface area contributed by atoms with Crippen LogP contribution in [-0.4, -0.2) is 210 Å². The zero-order chi connectivity index (χ0) is 48.6. The lowest BCUT2D eigenvalue weighted by Crippen LogP contribution is -2.61. The van der Waals surface area contributed by atoms with Crippen LogP contribution in [0.4, 0.5) is 5.69 Å². The van der Waals surface area contributed by atoms with Crippen molar-refractivity contribution in [3.8, 4) is 5.75 Å². The van der Waals surface area contributed by atoms with Gasteiger partial charge in [0.15, 0.2) is 6.10 Å². The summed E-state index contributed by atoms with van der Waals surface area (Å²) in [6, 6.07) is 4.79. The molecule has 0 saturated carbocycles. The third-order valence-corrected chi connectivity index (χ3v) is 14.3. The summed E-state index contributed by atoms with van der Waals surface area (Å²) in [5.74, 6) is -6.31. The summed E-state index contributed by atoms with van der Waals surface area (Å²) in [7, 11) is 2.00. The molecule has 7 N–H and O–H groups in total. The Morgan fingerprint density at radius 2 is 1.38 bits per heavy atom. The van der Waals surface area contributed by atoms with Crippen molar-refractivity contribution in [1.29, 1.82) is 0 Å². The molecule has 9 atom stereocenters. The topological polar surface area (TPSA) is 307 Å². The number of ether oxygens (including phenoxy) is 6. The molecule has 68 heavy (non-hydrogen) atoms. The number of amides is 5. The van der Waals surface area contributed by atoms with Crippen LogP contribution >= 0.6 is 31.9 Å². The predicted molar refractivity (Wildman–Crippen MR) is 241 cm³/mol. The first-order valence-electron chi connectivity index (χ1n) is 21.8. The largest absolute Gasteiger partial charge is 0.481 e. The number of hydrogen-bond donors (Lipinski definition) is 7. The first kappa shape index (κ1) is 54.8. The smallest absolute Gasteiger partial charge is 0.335 e. The van der Waals surface area contributed by atoms with Crippen molar-refractivity contribution in [3.63, 3.8) is 0 Å². The third-order valence-electron chi connectivity index (χ3n) is 12.3. The number of benzene rings is 1. The number of aliphatic carboxylic acids is 2. The van der Waals surface area contributed by atoms with E-state index in [4.69, 9.17) is 28.4 Å². The molecule has 25 heteroatoms. The van der Waals surface area contributed by atoms with Gasteiger partial charge >= 0.3 is 11.9 Å². The Morgan fingerprint density at radius 1 is 0.779 bits per heavy atom. The lowest BCUT2D eigenvalue weighted by Gasteiger charge is -2.43. The number of carbonyl (C=O) groups is 7. The standard InChI is InChI=1S/C42H55Br2N5O18.CH3/c1-49(12-9-47(10-13-49)37(55)29-25-4-5-26(65-25)30(29)40(58)59)21-22-2-3-24(66-42-35(54)33(52)34(53)36(67-42)41(60)61)23(20-22)46-28(51)6-8-45-27(50)7-14-62-16-18-64-19-17-63-15-11-48-38(56)31(43)32(44)39(48)57;/h2-3,20,25-26,29-30,33-36,42,52-54H,4-19,21H2,1H3,(H3-,45,46,50,51,58,59,60,61);1H3/q;-1/p+1/t25?,26?,29?,30?,33-,34-,35+,36-,42+;/m0./s1. The minimum atomic E-state index is -1.95. The highest BCUT2D eigenvalue weighted by molar-refractivity contribution is 9.14. The molecule has 378 valence electrons. The summed E-state index contributed by atoms with van der Waals surface area (Å²) < 4.78 is 34.1. The van der Waals surface area contributed by atoms with Gasteiger partial charge in [-0.15, -0.1) is 0 Å². The maximum absolute atomic E-state index is 13.6. The average molecular weight is 1090 g/mol. The van der Waals surface area contributed by atoms with Crippen LogP contribution in [-0.2, 0) is 63.8 Å². The second-order valence-electron chi connectivity index (χ2n) is 17.0. The van der Waals surface area contributed by atoms with Gasteiger partial charge in [-0.25, -0.2) is 4.79 Å². The minimum absolute atomic E-state index is 0. The lowest BCUT2D eigenvalue weighted by molar-refractivity contribution is -0.926. The number of anilines is 1. The number of halogens is 2. The molecule has 2 bridgehead atoms. The molecule has 4 fully saturated rings. The van der Waals surface area contributed by atoms with Gasteiger partial charge in [0.05, 0.1) is 109 Å². The molecule has 5 aliphatic heterocycles. The van der Waals surface area contributed by atoms with Gasteiger partial charge in [0.2, 0.25) is 24.0 Å². The second kappa shape index (κ2) is 24.6. The number of carboxylic acids is 2. The molecule has 6 rings (SSSR count). The molecular formula is C43H59Br2N5O18. The van der Waals surface area contributed by atoms with E-state index in [1.54, 1.807) is 17.0 Å². The van der Waals surface area contributed by atoms with Crippen molar-refractivity contribution in [3.05, 3.63) is 40.2 Å². The average Bonchev–Trinajstić information content (AvgIpc) is 3.96. The Morgan fingerprint density at radius 3 is 2.00 bits per heavy atom. The first-order chi connectivity index (χ1) is 31.9. The van der Waals surface area contributed by atoms with Crippen molar-refractivity contribution in [2.75, 3.05) is 91.3 Å². The van der Waals surface area contributed by atoms with Crippen molar-refractivity contribution >= 4 is 79.0 Å². The Bertz CT molecular complexity index is 2030. The van der Waals surface area contributed by atoms with E-state index in [0.29, 0.717) is 50.0 Å². The number of hydrogen-bond acceptors (Lipinski definition) is 16. The van der Waals surface area contributed by atoms with Crippen LogP contribution in [0.1, 0.15) is 31.2 Å². The van der Waals surface area contributed by atoms with Crippen LogP contribution in [0.3, 0.4) is 0 Å². The lowest BCUT2D eigenvalue weighted by atomic mass is 9.78. The van der Waals surface area contributed by atoms with Crippen LogP contribution in [0.5, 0.6) is 5.75 Å². The number of aliphatic hydroxyl groups is 3. The van der Waals surface area contributed by atoms with Crippen LogP contribution < -0.4 is 15.4 Å². The maximum Gasteiger partial charge on any atom is 0.335 e. The molecule has 5 aliphatic rings. The van der Waals surface area contributed by atoms with Gasteiger partial charge in [0.25, 0.3) is 11.8 Å². The number of nitrogens with one attached hydrogen (secondary N) is 2. The fourth-order valence-corrected chi connectivity index (χ4v) is 9.40. The number of nitrogens with zero attached hydrogens (tertiary/aromatic N) is 3. The van der Waals surface area contributed by atoms with Crippen LogP contribution in [0, 0.1) is 19.3 Å². The van der Waals surface area contributed by atoms with E-state index in [2.05, 4.69) is 42.5 Å². The van der Waals surface area contributed by atoms with Gasteiger partial charge < -0.3 is 81.4 Å². The number of imide groups is 1. The predicted octanol–water partition coefficient (Wildman–Crippen LogP) is -0.670. The number of rotatable bonds is 23. The molecule has 4 saturated heterocycles. The normalized spacial score (nSPS) is 27.5. The molecule has 0 aliphatic carbocycles. The summed E-state index contributed by atoms with van der Waals surface area (Å²) in [5.41, 5.74) is 0.823. The van der Waals surface area contributed by atoms with E-state index in [1.165, 1.54) is 6.07 Å². The molecular weight excluding hydrogens is 1030 g/mol. The van der Waals surface area contributed by atoms with Crippen molar-refractivity contribution in [2.45, 2.75) is 75.1 Å². The second-order valence-corrected chi connectivity index (χ2v) is 18.6. The van der Waals surface area contributed by atoms with Crippen molar-refractivity contribution < 1.29 is 92.0 Å². The zero-order valence-electron chi connectivity index (χ0n) is 37.6. The Labute approximate surface area is 408 Å². The van der Waals surface area contributed by atoms with E-state index >= 15 is 0 Å². The van der Waals surface area contributed by atoms with E-state index in [0.717, 1.165) is 10.5 Å². The minimum Gasteiger partial charge on any atom is -0.481 e. The van der Waals surface area contributed by atoms with Gasteiger partial charge in [-0.3, -0.25) is 33.7 Å². The summed E-state index contributed by atoms with van der Waals surface area (Å²) >= 11 is 6.13. The number of piperazine rings is 1. The molecule has 23 nitrogen and oxygen atoms in total. The molecule has 1 aromatic rings. The highest BCUT2D eigenvalue weighted by atomic mass is 79.9. The van der Waals surface area contributed by atoms with Crippen LogP contribution in [0.25, 0.3) is 0 Å². The van der Waals surface area contributed by atoms with Gasteiger partial charge in [-0.2, -0.15) is 0 Å². The molecule has 5 amide bonds. The van der Waals surface area contributed by atoms with Gasteiger partial charge in [0, 0.05) is 24.9 Å². The summed E-state index contributed by atoms with van der Waals surface area (Å²) in [4.78, 5) is 89.9. The van der Waals surface area contributed by atoms with Gasteiger partial charge in [0.1, 0.15) is 39.6 Å². The van der Waals surface area contributed by atoms with E-state index < -0.39 is 84.4 Å². The summed E-state index contributed by atoms with van der Waals surface area (Å²) in [6.07, 6.45) is -9.21. The maximum atomic E-state index is 13.6.